The van der Waals surface area contributed by atoms with Crippen LogP contribution in [0.1, 0.15) is 128 Å². The zero-order valence-electron chi connectivity index (χ0n) is 29.4. The number of aldehydes is 1. The molecule has 1 unspecified atom stereocenters. The number of ketones is 1. The molecule has 2 amide bonds. The Balaban J connectivity index is 2.51. The summed E-state index contributed by atoms with van der Waals surface area (Å²) in [5.41, 5.74) is 0. The molecule has 2 atom stereocenters. The van der Waals surface area contributed by atoms with Gasteiger partial charge in [-0.05, 0) is 19.3 Å². The molecule has 0 aliphatic carbocycles. The smallest absolute Gasteiger partial charge is 0.326 e. The van der Waals surface area contributed by atoms with Gasteiger partial charge < -0.3 is 39.5 Å². The van der Waals surface area contributed by atoms with Gasteiger partial charge in [0, 0.05) is 25.8 Å². The minimum absolute atomic E-state index is 0.153. The fourth-order valence-corrected chi connectivity index (χ4v) is 5.61. The maximum atomic E-state index is 13.2. The van der Waals surface area contributed by atoms with Gasteiger partial charge in [0.25, 0.3) is 0 Å². The number of hydrogen-bond acceptors (Lipinski definition) is 9. The molecule has 12 nitrogen and oxygen atoms in total. The SMILES string of the molecule is O=CCCOCCOCCOCCOCCNC(=O)C1C[C@@H](C(=O)O)NC(=O)CCCCCCCCCCCCCCCCCCC1=O. The maximum Gasteiger partial charge on any atom is 0.326 e. The van der Waals surface area contributed by atoms with Crippen LogP contribution in [-0.2, 0) is 42.9 Å². The van der Waals surface area contributed by atoms with Crippen LogP contribution in [-0.4, -0.2) is 100 Å². The summed E-state index contributed by atoms with van der Waals surface area (Å²) in [5, 5.41) is 15.1. The van der Waals surface area contributed by atoms with Crippen LogP contribution in [0.2, 0.25) is 0 Å². The number of carbonyl (C=O) groups is 5. The summed E-state index contributed by atoms with van der Waals surface area (Å²) < 4.78 is 21.5. The highest BCUT2D eigenvalue weighted by Gasteiger charge is 2.32. The molecule has 0 radical (unpaired) electrons. The second-order valence-corrected chi connectivity index (χ2v) is 12.6. The van der Waals surface area contributed by atoms with Crippen LogP contribution in [0.5, 0.6) is 0 Å². The zero-order chi connectivity index (χ0) is 34.9. The third-order valence-electron chi connectivity index (χ3n) is 8.43. The largest absolute Gasteiger partial charge is 0.480 e. The molecule has 0 aromatic rings. The van der Waals surface area contributed by atoms with E-state index in [1.54, 1.807) is 0 Å². The minimum Gasteiger partial charge on any atom is -0.480 e. The van der Waals surface area contributed by atoms with Gasteiger partial charge in [-0.1, -0.05) is 89.9 Å². The standard InChI is InChI=1S/C36H64N2O10/c39-21-17-22-45-24-26-47-28-29-48-27-25-46-23-20-37-35(42)31-30-32(36(43)44)38-34(41)19-16-14-12-10-8-6-4-2-1-3-5-7-9-11-13-15-18-33(31)40/h21,31-32H,1-20,22-30H2,(H,37,42)(H,38,41)(H,43,44)/t31?,32-/m0/s1. The molecule has 0 aromatic heterocycles. The summed E-state index contributed by atoms with van der Waals surface area (Å²) in [4.78, 5) is 61.3. The van der Waals surface area contributed by atoms with Gasteiger partial charge in [-0.15, -0.1) is 0 Å². The predicted octanol–water partition coefficient (Wildman–Crippen LogP) is 4.94. The molecule has 48 heavy (non-hydrogen) atoms. The first-order chi connectivity index (χ1) is 23.5. The van der Waals surface area contributed by atoms with Gasteiger partial charge in [0.2, 0.25) is 11.8 Å². The van der Waals surface area contributed by atoms with E-state index >= 15 is 0 Å². The van der Waals surface area contributed by atoms with Crippen LogP contribution in [0.15, 0.2) is 0 Å². The van der Waals surface area contributed by atoms with E-state index in [9.17, 15) is 29.1 Å². The molecule has 1 fully saturated rings. The Bertz CT molecular complexity index is 857. The molecule has 12 heteroatoms. The highest BCUT2D eigenvalue weighted by molar-refractivity contribution is 6.02. The zero-order valence-corrected chi connectivity index (χ0v) is 29.4. The molecule has 0 bridgehead atoms. The first-order valence-corrected chi connectivity index (χ1v) is 18.5. The van der Waals surface area contributed by atoms with Crippen molar-refractivity contribution in [2.24, 2.45) is 5.92 Å². The highest BCUT2D eigenvalue weighted by Crippen LogP contribution is 2.18. The molecular weight excluding hydrogens is 620 g/mol. The quantitative estimate of drug-likeness (QED) is 0.109. The molecule has 1 aliphatic rings. The lowest BCUT2D eigenvalue weighted by Crippen LogP contribution is -2.46. The number of rotatable bonds is 17. The number of nitrogens with one attached hydrogen (secondary N) is 2. The Morgan fingerprint density at radius 1 is 0.646 bits per heavy atom. The Kier molecular flexibility index (Phi) is 28.9. The fourth-order valence-electron chi connectivity index (χ4n) is 5.61. The van der Waals surface area contributed by atoms with E-state index in [0.717, 1.165) is 44.8 Å². The van der Waals surface area contributed by atoms with Crippen molar-refractivity contribution >= 4 is 29.9 Å². The van der Waals surface area contributed by atoms with Crippen molar-refractivity contribution in [2.75, 3.05) is 59.4 Å². The van der Waals surface area contributed by atoms with E-state index in [2.05, 4.69) is 10.6 Å². The van der Waals surface area contributed by atoms with E-state index in [4.69, 9.17) is 18.9 Å². The van der Waals surface area contributed by atoms with Crippen molar-refractivity contribution in [3.8, 4) is 0 Å². The third kappa shape index (κ3) is 25.6. The number of amides is 2. The average molecular weight is 685 g/mol. The lowest BCUT2D eigenvalue weighted by Gasteiger charge is -2.21. The van der Waals surface area contributed by atoms with E-state index in [-0.39, 0.29) is 44.1 Å². The van der Waals surface area contributed by atoms with Crippen molar-refractivity contribution in [2.45, 2.75) is 134 Å². The van der Waals surface area contributed by atoms with Crippen molar-refractivity contribution < 1.29 is 48.0 Å². The number of aliphatic carboxylic acids is 1. The molecule has 1 saturated heterocycles. The lowest BCUT2D eigenvalue weighted by atomic mass is 9.91. The van der Waals surface area contributed by atoms with Gasteiger partial charge in [-0.3, -0.25) is 14.4 Å². The summed E-state index contributed by atoms with van der Waals surface area (Å²) in [6.45, 7) is 3.01. The summed E-state index contributed by atoms with van der Waals surface area (Å²) in [5.74, 6) is -3.64. The number of hydrogen-bond donors (Lipinski definition) is 3. The second kappa shape index (κ2) is 31.8. The normalized spacial score (nSPS) is 20.7. The molecule has 3 N–H and O–H groups in total. The summed E-state index contributed by atoms with van der Waals surface area (Å²) in [6, 6.07) is -1.32. The second-order valence-electron chi connectivity index (χ2n) is 12.6. The van der Waals surface area contributed by atoms with Crippen LogP contribution in [0.25, 0.3) is 0 Å². The van der Waals surface area contributed by atoms with Crippen molar-refractivity contribution in [1.29, 1.82) is 0 Å². The molecule has 0 aromatic carbocycles. The first-order valence-electron chi connectivity index (χ1n) is 18.5. The van der Waals surface area contributed by atoms with Crippen LogP contribution in [0, 0.1) is 5.92 Å². The number of Topliss-reactive ketones (excluding diaryl/α,β-unsaturated/α-hetero) is 1. The van der Waals surface area contributed by atoms with Crippen molar-refractivity contribution in [3.05, 3.63) is 0 Å². The molecule has 0 saturated carbocycles. The summed E-state index contributed by atoms with van der Waals surface area (Å²) in [7, 11) is 0. The molecule has 1 aliphatic heterocycles. The third-order valence-corrected chi connectivity index (χ3v) is 8.43. The topological polar surface area (TPSA) is 167 Å². The van der Waals surface area contributed by atoms with Gasteiger partial charge in [0.05, 0.1) is 58.8 Å². The van der Waals surface area contributed by atoms with Crippen LogP contribution >= 0.6 is 0 Å². The van der Waals surface area contributed by atoms with E-state index in [1.165, 1.54) is 51.4 Å². The number of carboxylic acid groups (broad SMARTS) is 1. The van der Waals surface area contributed by atoms with Crippen LogP contribution in [0.3, 0.4) is 0 Å². The maximum absolute atomic E-state index is 13.2. The van der Waals surface area contributed by atoms with Gasteiger partial charge in [-0.25, -0.2) is 4.79 Å². The molecule has 0 spiro atoms. The molecule has 278 valence electrons. The van der Waals surface area contributed by atoms with Gasteiger partial charge in [0.15, 0.2) is 0 Å². The Morgan fingerprint density at radius 2 is 1.06 bits per heavy atom. The van der Waals surface area contributed by atoms with Crippen molar-refractivity contribution in [1.82, 2.24) is 10.6 Å². The van der Waals surface area contributed by atoms with Crippen LogP contribution in [0.4, 0.5) is 0 Å². The average Bonchev–Trinajstić information content (AvgIpc) is 3.07. The Hall–Kier alpha value is -2.41. The fraction of sp³-hybridized carbons (Fsp3) is 0.861. The highest BCUT2D eigenvalue weighted by atomic mass is 16.6. The first kappa shape index (κ1) is 43.6. The summed E-state index contributed by atoms with van der Waals surface area (Å²) >= 11 is 0. The van der Waals surface area contributed by atoms with Gasteiger partial charge >= 0.3 is 5.97 Å². The Morgan fingerprint density at radius 3 is 1.52 bits per heavy atom. The molecule has 1 rings (SSSR count). The van der Waals surface area contributed by atoms with E-state index < -0.39 is 23.8 Å². The monoisotopic (exact) mass is 684 g/mol. The van der Waals surface area contributed by atoms with E-state index in [1.807, 2.05) is 0 Å². The lowest BCUT2D eigenvalue weighted by molar-refractivity contribution is -0.143. The number of carboxylic acids is 1. The van der Waals surface area contributed by atoms with E-state index in [0.29, 0.717) is 65.5 Å². The number of carbonyl (C=O) groups excluding carboxylic acids is 4. The minimum atomic E-state index is -1.32. The number of ether oxygens (including phenoxy) is 4. The molecular formula is C36H64N2O10. The van der Waals surface area contributed by atoms with Gasteiger partial charge in [-0.2, -0.15) is 0 Å². The van der Waals surface area contributed by atoms with Crippen LogP contribution < -0.4 is 10.6 Å². The molecule has 1 heterocycles. The predicted molar refractivity (Wildman–Crippen MR) is 183 cm³/mol. The van der Waals surface area contributed by atoms with Crippen molar-refractivity contribution in [3.63, 3.8) is 0 Å². The van der Waals surface area contributed by atoms with Gasteiger partial charge in [0.1, 0.15) is 18.1 Å². The Labute approximate surface area is 288 Å². The summed E-state index contributed by atoms with van der Waals surface area (Å²) in [6.07, 6.45) is 18.9.